The average molecular weight is 331 g/mol. The smallest absolute Gasteiger partial charge is 0.269 e. The second-order valence-electron chi connectivity index (χ2n) is 5.76. The van der Waals surface area contributed by atoms with Gasteiger partial charge < -0.3 is 10.6 Å². The number of hydrogen-bond acceptors (Lipinski definition) is 3. The van der Waals surface area contributed by atoms with Crippen LogP contribution in [0.5, 0.6) is 0 Å². The topological polar surface area (TPSA) is 54.0 Å². The number of anilines is 1. The van der Waals surface area contributed by atoms with Gasteiger partial charge >= 0.3 is 0 Å². The highest BCUT2D eigenvalue weighted by Gasteiger charge is 2.07. The van der Waals surface area contributed by atoms with Crippen LogP contribution in [0, 0.1) is 0 Å². The Morgan fingerprint density at radius 3 is 2.28 bits per heavy atom. The average Bonchev–Trinajstić information content (AvgIpc) is 2.68. The number of nitrogens with one attached hydrogen (secondary N) is 2. The van der Waals surface area contributed by atoms with E-state index in [2.05, 4.69) is 39.9 Å². The Labute approximate surface area is 147 Å². The van der Waals surface area contributed by atoms with E-state index < -0.39 is 0 Å². The molecule has 0 bridgehead atoms. The predicted molar refractivity (Wildman–Crippen MR) is 100 cm³/mol. The lowest BCUT2D eigenvalue weighted by molar-refractivity contribution is 0.0949. The van der Waals surface area contributed by atoms with Gasteiger partial charge in [0, 0.05) is 25.0 Å². The Kier molecular flexibility index (Phi) is 5.77. The van der Waals surface area contributed by atoms with Crippen LogP contribution in [0.2, 0.25) is 0 Å². The molecule has 0 radical (unpaired) electrons. The fourth-order valence-corrected chi connectivity index (χ4v) is 2.52. The lowest BCUT2D eigenvalue weighted by Gasteiger charge is -2.09. The molecule has 2 N–H and O–H groups in total. The molecule has 1 heterocycles. The van der Waals surface area contributed by atoms with Crippen LogP contribution in [0.15, 0.2) is 79.0 Å². The minimum absolute atomic E-state index is 0.153. The SMILES string of the molecule is O=C(NCCc1ccccc1)c1cc(NCc2ccccc2)ccn1. The Hall–Kier alpha value is -3.14. The standard InChI is InChI=1S/C21H21N3O/c25-21(23-13-11-17-7-3-1-4-8-17)20-15-19(12-14-22-20)24-16-18-9-5-2-6-10-18/h1-10,12,14-15H,11,13,16H2,(H,22,24)(H,23,25). The van der Waals surface area contributed by atoms with E-state index in [4.69, 9.17) is 0 Å². The van der Waals surface area contributed by atoms with Gasteiger partial charge in [0.15, 0.2) is 0 Å². The van der Waals surface area contributed by atoms with Crippen LogP contribution in [-0.4, -0.2) is 17.4 Å². The van der Waals surface area contributed by atoms with Crippen molar-refractivity contribution in [2.75, 3.05) is 11.9 Å². The maximum atomic E-state index is 12.3. The molecule has 0 fully saturated rings. The highest BCUT2D eigenvalue weighted by Crippen LogP contribution is 2.10. The lowest BCUT2D eigenvalue weighted by atomic mass is 10.1. The Morgan fingerprint density at radius 2 is 1.56 bits per heavy atom. The van der Waals surface area contributed by atoms with Gasteiger partial charge in [0.05, 0.1) is 0 Å². The number of carbonyl (C=O) groups excluding carboxylic acids is 1. The first kappa shape index (κ1) is 16.7. The molecule has 0 atom stereocenters. The molecule has 0 aliphatic carbocycles. The van der Waals surface area contributed by atoms with Gasteiger partial charge in [0.1, 0.15) is 5.69 Å². The molecular formula is C21H21N3O. The molecular weight excluding hydrogens is 310 g/mol. The maximum absolute atomic E-state index is 12.3. The third-order valence-corrected chi connectivity index (χ3v) is 3.87. The Bertz CT molecular complexity index is 804. The summed E-state index contributed by atoms with van der Waals surface area (Å²) in [7, 11) is 0. The molecule has 126 valence electrons. The van der Waals surface area contributed by atoms with Gasteiger partial charge in [-0.15, -0.1) is 0 Å². The zero-order valence-corrected chi connectivity index (χ0v) is 14.0. The highest BCUT2D eigenvalue weighted by atomic mass is 16.1. The van der Waals surface area contributed by atoms with E-state index in [1.165, 1.54) is 11.1 Å². The third-order valence-electron chi connectivity index (χ3n) is 3.87. The monoisotopic (exact) mass is 331 g/mol. The molecule has 0 unspecified atom stereocenters. The predicted octanol–water partition coefficient (Wildman–Crippen LogP) is 3.67. The number of hydrogen-bond donors (Lipinski definition) is 2. The zero-order chi connectivity index (χ0) is 17.3. The second-order valence-corrected chi connectivity index (χ2v) is 5.76. The molecule has 25 heavy (non-hydrogen) atoms. The van der Waals surface area contributed by atoms with Crippen molar-refractivity contribution in [1.29, 1.82) is 0 Å². The summed E-state index contributed by atoms with van der Waals surface area (Å²) < 4.78 is 0. The van der Waals surface area contributed by atoms with E-state index in [-0.39, 0.29) is 5.91 Å². The second kappa shape index (κ2) is 8.64. The molecule has 0 aliphatic heterocycles. The number of pyridine rings is 1. The van der Waals surface area contributed by atoms with E-state index in [0.717, 1.165) is 12.1 Å². The summed E-state index contributed by atoms with van der Waals surface area (Å²) in [6, 6.07) is 23.9. The molecule has 3 rings (SSSR count). The van der Waals surface area contributed by atoms with Crippen LogP contribution in [0.3, 0.4) is 0 Å². The largest absolute Gasteiger partial charge is 0.381 e. The van der Waals surface area contributed by atoms with Crippen LogP contribution in [0.1, 0.15) is 21.6 Å². The maximum Gasteiger partial charge on any atom is 0.269 e. The van der Waals surface area contributed by atoms with Gasteiger partial charge in [-0.25, -0.2) is 0 Å². The number of amides is 1. The number of rotatable bonds is 7. The van der Waals surface area contributed by atoms with E-state index in [1.807, 2.05) is 42.5 Å². The molecule has 0 saturated heterocycles. The number of benzene rings is 2. The van der Waals surface area contributed by atoms with E-state index >= 15 is 0 Å². The summed E-state index contributed by atoms with van der Waals surface area (Å²) in [4.78, 5) is 16.4. The van der Waals surface area contributed by atoms with Crippen molar-refractivity contribution in [2.45, 2.75) is 13.0 Å². The van der Waals surface area contributed by atoms with Crippen LogP contribution in [-0.2, 0) is 13.0 Å². The summed E-state index contributed by atoms with van der Waals surface area (Å²) in [6.45, 7) is 1.30. The lowest BCUT2D eigenvalue weighted by Crippen LogP contribution is -2.26. The van der Waals surface area contributed by atoms with Crippen molar-refractivity contribution < 1.29 is 4.79 Å². The van der Waals surface area contributed by atoms with Crippen LogP contribution < -0.4 is 10.6 Å². The first-order valence-corrected chi connectivity index (χ1v) is 8.37. The van der Waals surface area contributed by atoms with Crippen molar-refractivity contribution in [3.8, 4) is 0 Å². The van der Waals surface area contributed by atoms with Crippen LogP contribution in [0.4, 0.5) is 5.69 Å². The van der Waals surface area contributed by atoms with E-state index in [1.54, 1.807) is 12.3 Å². The van der Waals surface area contributed by atoms with Gasteiger partial charge in [0.2, 0.25) is 0 Å². The van der Waals surface area contributed by atoms with Crippen molar-refractivity contribution >= 4 is 11.6 Å². The molecule has 1 aromatic heterocycles. The van der Waals surface area contributed by atoms with Crippen molar-refractivity contribution in [1.82, 2.24) is 10.3 Å². The molecule has 2 aromatic carbocycles. The van der Waals surface area contributed by atoms with Gasteiger partial charge in [-0.05, 0) is 29.7 Å². The minimum Gasteiger partial charge on any atom is -0.381 e. The molecule has 4 nitrogen and oxygen atoms in total. The summed E-state index contributed by atoms with van der Waals surface area (Å²) in [5.41, 5.74) is 3.69. The molecule has 1 amide bonds. The molecule has 4 heteroatoms. The fourth-order valence-electron chi connectivity index (χ4n) is 2.52. The quantitative estimate of drug-likeness (QED) is 0.694. The van der Waals surface area contributed by atoms with Gasteiger partial charge in [-0.1, -0.05) is 60.7 Å². The third kappa shape index (κ3) is 5.18. The zero-order valence-electron chi connectivity index (χ0n) is 14.0. The van der Waals surface area contributed by atoms with Crippen molar-refractivity contribution in [2.24, 2.45) is 0 Å². The van der Waals surface area contributed by atoms with Gasteiger partial charge in [-0.3, -0.25) is 9.78 Å². The molecule has 0 aliphatic rings. The van der Waals surface area contributed by atoms with Crippen LogP contribution in [0.25, 0.3) is 0 Å². The first-order valence-electron chi connectivity index (χ1n) is 8.37. The molecule has 0 spiro atoms. The molecule has 3 aromatic rings. The highest BCUT2D eigenvalue weighted by molar-refractivity contribution is 5.93. The van der Waals surface area contributed by atoms with E-state index in [9.17, 15) is 4.79 Å². The summed E-state index contributed by atoms with van der Waals surface area (Å²) >= 11 is 0. The number of nitrogens with zero attached hydrogens (tertiary/aromatic N) is 1. The first-order chi connectivity index (χ1) is 12.3. The summed E-state index contributed by atoms with van der Waals surface area (Å²) in [5.74, 6) is -0.153. The van der Waals surface area contributed by atoms with E-state index in [0.29, 0.717) is 18.8 Å². The molecule has 0 saturated carbocycles. The van der Waals surface area contributed by atoms with Gasteiger partial charge in [0.25, 0.3) is 5.91 Å². The normalized spacial score (nSPS) is 10.2. The Morgan fingerprint density at radius 1 is 0.880 bits per heavy atom. The van der Waals surface area contributed by atoms with Crippen molar-refractivity contribution in [3.63, 3.8) is 0 Å². The number of carbonyl (C=O) groups is 1. The number of aromatic nitrogens is 1. The fraction of sp³-hybridized carbons (Fsp3) is 0.143. The summed E-state index contributed by atoms with van der Waals surface area (Å²) in [6.07, 6.45) is 2.46. The van der Waals surface area contributed by atoms with Gasteiger partial charge in [-0.2, -0.15) is 0 Å². The van der Waals surface area contributed by atoms with Crippen molar-refractivity contribution in [3.05, 3.63) is 95.8 Å². The minimum atomic E-state index is -0.153. The van der Waals surface area contributed by atoms with Crippen LogP contribution >= 0.6 is 0 Å². The Balaban J connectivity index is 1.52. The summed E-state index contributed by atoms with van der Waals surface area (Å²) in [5, 5.41) is 6.24.